The van der Waals surface area contributed by atoms with Crippen molar-refractivity contribution in [2.45, 2.75) is 4.90 Å². The van der Waals surface area contributed by atoms with Crippen molar-refractivity contribution in [2.24, 2.45) is 0 Å². The Labute approximate surface area is 110 Å². The van der Waals surface area contributed by atoms with Crippen molar-refractivity contribution in [1.29, 1.82) is 0 Å². The molecule has 0 aliphatic heterocycles. The topological polar surface area (TPSA) is 74.8 Å². The highest BCUT2D eigenvalue weighted by molar-refractivity contribution is 7.89. The summed E-state index contributed by atoms with van der Waals surface area (Å²) in [5.74, 6) is 0.242. The Hall–Kier alpha value is -1.37. The number of aromatic amines is 1. The number of aromatic nitrogens is 2. The molecule has 5 nitrogen and oxygen atoms in total. The predicted octanol–water partition coefficient (Wildman–Crippen LogP) is 1.59. The molecule has 2 aromatic rings. The van der Waals surface area contributed by atoms with E-state index in [9.17, 15) is 8.42 Å². The molecule has 0 aliphatic carbocycles. The lowest BCUT2D eigenvalue weighted by molar-refractivity contribution is 0.584. The molecule has 96 valence electrons. The number of halogens is 1. The Morgan fingerprint density at radius 3 is 2.50 bits per heavy atom. The van der Waals surface area contributed by atoms with Gasteiger partial charge in [0.25, 0.3) is 0 Å². The summed E-state index contributed by atoms with van der Waals surface area (Å²) >= 11 is 5.45. The van der Waals surface area contributed by atoms with Crippen LogP contribution in [0.5, 0.6) is 0 Å². The third-order valence-electron chi connectivity index (χ3n) is 2.38. The van der Waals surface area contributed by atoms with Crippen molar-refractivity contribution < 1.29 is 8.42 Å². The Morgan fingerprint density at radius 2 is 1.94 bits per heavy atom. The second-order valence-corrected chi connectivity index (χ2v) is 5.74. The van der Waals surface area contributed by atoms with Crippen LogP contribution in [0.3, 0.4) is 0 Å². The number of benzene rings is 1. The van der Waals surface area contributed by atoms with Crippen LogP contribution >= 0.6 is 11.6 Å². The minimum absolute atomic E-state index is 0.216. The van der Waals surface area contributed by atoms with E-state index in [1.165, 1.54) is 0 Å². The molecule has 1 aromatic carbocycles. The van der Waals surface area contributed by atoms with Gasteiger partial charge in [-0.1, -0.05) is 12.1 Å². The highest BCUT2D eigenvalue weighted by Crippen LogP contribution is 2.19. The predicted molar refractivity (Wildman–Crippen MR) is 69.9 cm³/mol. The Bertz CT molecular complexity index is 594. The van der Waals surface area contributed by atoms with Crippen LogP contribution in [0.1, 0.15) is 0 Å². The van der Waals surface area contributed by atoms with Gasteiger partial charge in [-0.2, -0.15) is 5.10 Å². The normalized spacial score (nSPS) is 11.6. The lowest BCUT2D eigenvalue weighted by Crippen LogP contribution is -2.25. The summed E-state index contributed by atoms with van der Waals surface area (Å²) in [6.07, 6.45) is 3.42. The van der Waals surface area contributed by atoms with Crippen LogP contribution in [-0.4, -0.2) is 31.0 Å². The molecule has 2 rings (SSSR count). The third-order valence-corrected chi connectivity index (χ3v) is 4.05. The van der Waals surface area contributed by atoms with Crippen LogP contribution in [0.15, 0.2) is 41.6 Å². The van der Waals surface area contributed by atoms with Crippen molar-refractivity contribution in [1.82, 2.24) is 14.9 Å². The second kappa shape index (κ2) is 5.51. The van der Waals surface area contributed by atoms with Crippen molar-refractivity contribution in [3.63, 3.8) is 0 Å². The molecule has 18 heavy (non-hydrogen) atoms. The van der Waals surface area contributed by atoms with Gasteiger partial charge in [0.05, 0.1) is 11.1 Å². The summed E-state index contributed by atoms with van der Waals surface area (Å²) in [4.78, 5) is 0.222. The molecule has 0 saturated heterocycles. The number of alkyl halides is 1. The molecule has 1 aromatic heterocycles. The smallest absolute Gasteiger partial charge is 0.240 e. The summed E-state index contributed by atoms with van der Waals surface area (Å²) in [6, 6.07) is 6.58. The zero-order valence-corrected chi connectivity index (χ0v) is 11.0. The molecular weight excluding hydrogens is 274 g/mol. The summed E-state index contributed by atoms with van der Waals surface area (Å²) in [5, 5.41) is 6.55. The molecule has 0 saturated carbocycles. The van der Waals surface area contributed by atoms with Crippen molar-refractivity contribution in [3.05, 3.63) is 36.7 Å². The first-order chi connectivity index (χ1) is 8.63. The van der Waals surface area contributed by atoms with E-state index in [4.69, 9.17) is 11.6 Å². The van der Waals surface area contributed by atoms with Gasteiger partial charge in [-0.25, -0.2) is 13.1 Å². The molecule has 0 amide bonds. The van der Waals surface area contributed by atoms with Crippen molar-refractivity contribution in [2.75, 3.05) is 12.4 Å². The van der Waals surface area contributed by atoms with Gasteiger partial charge in [0, 0.05) is 24.2 Å². The van der Waals surface area contributed by atoms with Crippen LogP contribution < -0.4 is 4.72 Å². The maximum atomic E-state index is 11.8. The van der Waals surface area contributed by atoms with Gasteiger partial charge < -0.3 is 0 Å². The fourth-order valence-corrected chi connectivity index (χ4v) is 2.73. The highest BCUT2D eigenvalue weighted by Gasteiger charge is 2.12. The van der Waals surface area contributed by atoms with Crippen LogP contribution in [0.25, 0.3) is 11.1 Å². The largest absolute Gasteiger partial charge is 0.285 e. The second-order valence-electron chi connectivity index (χ2n) is 3.60. The molecular formula is C11H12ClN3O2S. The summed E-state index contributed by atoms with van der Waals surface area (Å²) in [6.45, 7) is 0.216. The van der Waals surface area contributed by atoms with E-state index in [1.54, 1.807) is 36.7 Å². The Kier molecular flexibility index (Phi) is 4.00. The van der Waals surface area contributed by atoms with Crippen LogP contribution in [0.2, 0.25) is 0 Å². The van der Waals surface area contributed by atoms with E-state index in [0.29, 0.717) is 0 Å². The number of hydrogen-bond donors (Lipinski definition) is 2. The quantitative estimate of drug-likeness (QED) is 0.819. The molecule has 0 fully saturated rings. The van der Waals surface area contributed by atoms with Gasteiger partial charge in [0.1, 0.15) is 0 Å². The summed E-state index contributed by atoms with van der Waals surface area (Å²) in [7, 11) is -3.47. The average Bonchev–Trinajstić information content (AvgIpc) is 2.90. The average molecular weight is 286 g/mol. The third kappa shape index (κ3) is 2.90. The monoisotopic (exact) mass is 285 g/mol. The van der Waals surface area contributed by atoms with Crippen LogP contribution in [-0.2, 0) is 10.0 Å². The molecule has 0 bridgehead atoms. The first-order valence-electron chi connectivity index (χ1n) is 5.28. The van der Waals surface area contributed by atoms with E-state index < -0.39 is 10.0 Å². The van der Waals surface area contributed by atoms with Crippen molar-refractivity contribution in [3.8, 4) is 11.1 Å². The molecule has 0 spiro atoms. The van der Waals surface area contributed by atoms with Gasteiger partial charge in [-0.3, -0.25) is 5.10 Å². The minimum Gasteiger partial charge on any atom is -0.285 e. The number of hydrogen-bond acceptors (Lipinski definition) is 3. The van der Waals surface area contributed by atoms with Gasteiger partial charge in [-0.05, 0) is 17.7 Å². The lowest BCUT2D eigenvalue weighted by atomic mass is 10.1. The van der Waals surface area contributed by atoms with Gasteiger partial charge in [0.2, 0.25) is 10.0 Å². The van der Waals surface area contributed by atoms with E-state index >= 15 is 0 Å². The van der Waals surface area contributed by atoms with Crippen LogP contribution in [0, 0.1) is 0 Å². The molecule has 0 atom stereocenters. The molecule has 1 heterocycles. The number of nitrogens with zero attached hydrogens (tertiary/aromatic N) is 1. The summed E-state index contributed by atoms with van der Waals surface area (Å²) < 4.78 is 26.0. The van der Waals surface area contributed by atoms with Gasteiger partial charge in [-0.15, -0.1) is 11.6 Å². The zero-order valence-electron chi connectivity index (χ0n) is 9.43. The van der Waals surface area contributed by atoms with E-state index in [0.717, 1.165) is 11.1 Å². The maximum Gasteiger partial charge on any atom is 0.240 e. The van der Waals surface area contributed by atoms with E-state index in [2.05, 4.69) is 14.9 Å². The zero-order chi connectivity index (χ0) is 13.0. The van der Waals surface area contributed by atoms with Crippen molar-refractivity contribution >= 4 is 21.6 Å². The fraction of sp³-hybridized carbons (Fsp3) is 0.182. The van der Waals surface area contributed by atoms with E-state index in [1.807, 2.05) is 0 Å². The highest BCUT2D eigenvalue weighted by atomic mass is 35.5. The Balaban J connectivity index is 2.22. The molecule has 7 heteroatoms. The number of nitrogens with one attached hydrogen (secondary N) is 2. The fourth-order valence-electron chi connectivity index (χ4n) is 1.49. The van der Waals surface area contributed by atoms with Gasteiger partial charge >= 0.3 is 0 Å². The molecule has 0 aliphatic rings. The molecule has 0 radical (unpaired) electrons. The first-order valence-corrected chi connectivity index (χ1v) is 7.30. The van der Waals surface area contributed by atoms with Gasteiger partial charge in [0.15, 0.2) is 0 Å². The standard InChI is InChI=1S/C11H12ClN3O2S/c12-5-6-15-18(16,17)11-3-1-9(2-4-11)10-7-13-14-8-10/h1-4,7-8,15H,5-6H2,(H,13,14). The van der Waals surface area contributed by atoms with Crippen LogP contribution in [0.4, 0.5) is 0 Å². The number of H-pyrrole nitrogens is 1. The Morgan fingerprint density at radius 1 is 1.22 bits per heavy atom. The number of sulfonamides is 1. The SMILES string of the molecule is O=S(=O)(NCCCl)c1ccc(-c2cn[nH]c2)cc1. The maximum absolute atomic E-state index is 11.8. The van der Waals surface area contributed by atoms with E-state index in [-0.39, 0.29) is 17.3 Å². The molecule has 0 unspecified atom stereocenters. The number of rotatable bonds is 5. The summed E-state index contributed by atoms with van der Waals surface area (Å²) in [5.41, 5.74) is 1.81. The first kappa shape index (κ1) is 13.1. The molecule has 2 N–H and O–H groups in total. The lowest BCUT2D eigenvalue weighted by Gasteiger charge is -2.05. The minimum atomic E-state index is -3.47.